The van der Waals surface area contributed by atoms with Gasteiger partial charge in [-0.25, -0.2) is 9.37 Å². The van der Waals surface area contributed by atoms with Crippen LogP contribution >= 0.6 is 11.3 Å². The number of nitrogens with one attached hydrogen (secondary N) is 2. The van der Waals surface area contributed by atoms with Crippen LogP contribution in [0.15, 0.2) is 29.8 Å². The molecule has 0 aliphatic carbocycles. The third-order valence-electron chi connectivity index (χ3n) is 2.48. The first kappa shape index (κ1) is 13.5. The van der Waals surface area contributed by atoms with E-state index in [4.69, 9.17) is 0 Å². The van der Waals surface area contributed by atoms with Crippen LogP contribution in [0.3, 0.4) is 0 Å². The van der Waals surface area contributed by atoms with E-state index < -0.39 is 5.82 Å². The van der Waals surface area contributed by atoms with Crippen molar-refractivity contribution in [3.05, 3.63) is 40.6 Å². The highest BCUT2D eigenvalue weighted by Crippen LogP contribution is 2.24. The zero-order valence-electron chi connectivity index (χ0n) is 10.6. The molecule has 1 unspecified atom stereocenters. The second-order valence-electron chi connectivity index (χ2n) is 4.11. The van der Waals surface area contributed by atoms with Gasteiger partial charge in [-0.3, -0.25) is 4.79 Å². The molecule has 0 fully saturated rings. The average molecular weight is 279 g/mol. The minimum absolute atomic E-state index is 0.0237. The van der Waals surface area contributed by atoms with E-state index in [9.17, 15) is 9.18 Å². The van der Waals surface area contributed by atoms with Crippen molar-refractivity contribution < 1.29 is 9.18 Å². The molecule has 2 aromatic rings. The summed E-state index contributed by atoms with van der Waals surface area (Å²) in [5.74, 6) is -0.758. The molecule has 1 aromatic carbocycles. The Hall–Kier alpha value is -1.95. The van der Waals surface area contributed by atoms with E-state index in [2.05, 4.69) is 15.6 Å². The van der Waals surface area contributed by atoms with Crippen LogP contribution in [0.25, 0.3) is 0 Å². The van der Waals surface area contributed by atoms with E-state index in [1.54, 1.807) is 29.7 Å². The first-order valence-corrected chi connectivity index (χ1v) is 6.67. The van der Waals surface area contributed by atoms with Crippen molar-refractivity contribution in [2.45, 2.75) is 19.9 Å². The van der Waals surface area contributed by atoms with Crippen LogP contribution in [0.5, 0.6) is 0 Å². The fourth-order valence-electron chi connectivity index (χ4n) is 1.66. The molecule has 1 heterocycles. The van der Waals surface area contributed by atoms with Crippen molar-refractivity contribution >= 4 is 28.6 Å². The number of thiazole rings is 1. The van der Waals surface area contributed by atoms with E-state index >= 15 is 0 Å². The topological polar surface area (TPSA) is 54.0 Å². The van der Waals surface area contributed by atoms with Crippen molar-refractivity contribution in [2.24, 2.45) is 0 Å². The second-order valence-corrected chi connectivity index (χ2v) is 5.04. The van der Waals surface area contributed by atoms with Crippen molar-refractivity contribution in [3.63, 3.8) is 0 Å². The number of anilines is 2. The number of benzene rings is 1. The molecule has 0 radical (unpaired) electrons. The molecule has 2 N–H and O–H groups in total. The Morgan fingerprint density at radius 2 is 2.26 bits per heavy atom. The highest BCUT2D eigenvalue weighted by molar-refractivity contribution is 7.09. The Morgan fingerprint density at radius 1 is 1.47 bits per heavy atom. The maximum Gasteiger partial charge on any atom is 0.221 e. The van der Waals surface area contributed by atoms with Crippen molar-refractivity contribution in [1.29, 1.82) is 0 Å². The van der Waals surface area contributed by atoms with Gasteiger partial charge in [0.2, 0.25) is 5.91 Å². The average Bonchev–Trinajstić information content (AvgIpc) is 2.86. The Kier molecular flexibility index (Phi) is 4.11. The van der Waals surface area contributed by atoms with E-state index in [1.165, 1.54) is 13.0 Å². The molecule has 0 aliphatic rings. The lowest BCUT2D eigenvalue weighted by atomic mass is 10.2. The van der Waals surface area contributed by atoms with Crippen molar-refractivity contribution in [2.75, 3.05) is 10.6 Å². The zero-order chi connectivity index (χ0) is 13.8. The monoisotopic (exact) mass is 279 g/mol. The second kappa shape index (κ2) is 5.79. The van der Waals surface area contributed by atoms with Crippen LogP contribution in [0, 0.1) is 5.82 Å². The Morgan fingerprint density at radius 3 is 2.89 bits per heavy atom. The molecule has 0 saturated carbocycles. The van der Waals surface area contributed by atoms with Gasteiger partial charge >= 0.3 is 0 Å². The number of hydrogen-bond donors (Lipinski definition) is 2. The molecule has 1 amide bonds. The molecule has 0 bridgehead atoms. The van der Waals surface area contributed by atoms with Crippen LogP contribution in [-0.4, -0.2) is 10.9 Å². The molecule has 0 saturated heterocycles. The summed E-state index contributed by atoms with van der Waals surface area (Å²) in [6.45, 7) is 3.32. The van der Waals surface area contributed by atoms with Gasteiger partial charge < -0.3 is 10.6 Å². The summed E-state index contributed by atoms with van der Waals surface area (Å²) in [4.78, 5) is 15.2. The van der Waals surface area contributed by atoms with Gasteiger partial charge in [-0.1, -0.05) is 0 Å². The van der Waals surface area contributed by atoms with Gasteiger partial charge in [0.1, 0.15) is 10.8 Å². The maximum absolute atomic E-state index is 13.5. The van der Waals surface area contributed by atoms with Crippen LogP contribution < -0.4 is 10.6 Å². The smallest absolute Gasteiger partial charge is 0.221 e. The van der Waals surface area contributed by atoms with Gasteiger partial charge in [0.25, 0.3) is 0 Å². The lowest BCUT2D eigenvalue weighted by Crippen LogP contribution is -2.10. The number of rotatable bonds is 4. The molecule has 2 rings (SSSR count). The summed E-state index contributed by atoms with van der Waals surface area (Å²) < 4.78 is 13.5. The van der Waals surface area contributed by atoms with Gasteiger partial charge in [0.05, 0.1) is 11.7 Å². The van der Waals surface area contributed by atoms with Gasteiger partial charge in [0.15, 0.2) is 0 Å². The number of amides is 1. The molecule has 0 spiro atoms. The minimum Gasteiger partial charge on any atom is -0.376 e. The molecule has 0 aliphatic heterocycles. The molecule has 4 nitrogen and oxygen atoms in total. The fraction of sp³-hybridized carbons (Fsp3) is 0.231. The number of aromatic nitrogens is 1. The highest BCUT2D eigenvalue weighted by Gasteiger charge is 2.10. The highest BCUT2D eigenvalue weighted by atomic mass is 32.1. The first-order valence-electron chi connectivity index (χ1n) is 5.79. The minimum atomic E-state index is -0.456. The predicted octanol–water partition coefficient (Wildman–Crippen LogP) is 3.41. The van der Waals surface area contributed by atoms with E-state index in [0.29, 0.717) is 0 Å². The number of halogens is 1. The fourth-order valence-corrected chi connectivity index (χ4v) is 2.31. The SMILES string of the molecule is CC(=O)Nc1cc(NC(C)c2nccs2)ccc1F. The molecule has 19 heavy (non-hydrogen) atoms. The van der Waals surface area contributed by atoms with Gasteiger partial charge in [-0.15, -0.1) is 11.3 Å². The molecular formula is C13H14FN3OS. The Labute approximate surface area is 114 Å². The number of carbonyl (C=O) groups is 1. The van der Waals surface area contributed by atoms with E-state index in [1.807, 2.05) is 12.3 Å². The van der Waals surface area contributed by atoms with Crippen LogP contribution in [0.4, 0.5) is 15.8 Å². The van der Waals surface area contributed by atoms with Crippen LogP contribution in [0.2, 0.25) is 0 Å². The van der Waals surface area contributed by atoms with Gasteiger partial charge in [-0.05, 0) is 25.1 Å². The van der Waals surface area contributed by atoms with E-state index in [0.717, 1.165) is 10.7 Å². The predicted molar refractivity (Wildman–Crippen MR) is 74.9 cm³/mol. The number of hydrogen-bond acceptors (Lipinski definition) is 4. The lowest BCUT2D eigenvalue weighted by Gasteiger charge is -2.14. The lowest BCUT2D eigenvalue weighted by molar-refractivity contribution is -0.114. The number of carbonyl (C=O) groups excluding carboxylic acids is 1. The summed E-state index contributed by atoms with van der Waals surface area (Å²) in [6.07, 6.45) is 1.74. The number of nitrogens with zero attached hydrogens (tertiary/aromatic N) is 1. The van der Waals surface area contributed by atoms with Crippen LogP contribution in [-0.2, 0) is 4.79 Å². The Balaban J connectivity index is 2.14. The largest absolute Gasteiger partial charge is 0.376 e. The van der Waals surface area contributed by atoms with Gasteiger partial charge in [0, 0.05) is 24.2 Å². The third kappa shape index (κ3) is 3.51. The molecule has 6 heteroatoms. The summed E-state index contributed by atoms with van der Waals surface area (Å²) in [5.41, 5.74) is 0.900. The normalized spacial score (nSPS) is 11.9. The van der Waals surface area contributed by atoms with Crippen LogP contribution in [0.1, 0.15) is 24.9 Å². The summed E-state index contributed by atoms with van der Waals surface area (Å²) in [7, 11) is 0. The third-order valence-corrected chi connectivity index (χ3v) is 3.44. The zero-order valence-corrected chi connectivity index (χ0v) is 11.4. The molecule has 1 atom stereocenters. The van der Waals surface area contributed by atoms with Crippen molar-refractivity contribution in [1.82, 2.24) is 4.98 Å². The standard InChI is InChI=1S/C13H14FN3OS/c1-8(13-15-5-6-19-13)16-10-3-4-11(14)12(7-10)17-9(2)18/h3-8,16H,1-2H3,(H,17,18). The molecule has 100 valence electrons. The maximum atomic E-state index is 13.5. The molecule has 1 aromatic heterocycles. The molecular weight excluding hydrogens is 265 g/mol. The van der Waals surface area contributed by atoms with E-state index in [-0.39, 0.29) is 17.6 Å². The van der Waals surface area contributed by atoms with Crippen molar-refractivity contribution in [3.8, 4) is 0 Å². The Bertz CT molecular complexity index is 571. The summed E-state index contributed by atoms with van der Waals surface area (Å²) in [5, 5.41) is 8.52. The van der Waals surface area contributed by atoms with Gasteiger partial charge in [-0.2, -0.15) is 0 Å². The quantitative estimate of drug-likeness (QED) is 0.901. The summed E-state index contributed by atoms with van der Waals surface area (Å²) in [6, 6.07) is 4.55. The first-order chi connectivity index (χ1) is 9.06. The summed E-state index contributed by atoms with van der Waals surface area (Å²) >= 11 is 1.55.